The van der Waals surface area contributed by atoms with Crippen molar-refractivity contribution in [2.75, 3.05) is 32.7 Å². The molecule has 6 heteroatoms. The molecule has 1 amide bonds. The number of hydrogen-bond acceptors (Lipinski definition) is 5. The van der Waals surface area contributed by atoms with Crippen LogP contribution in [0.1, 0.15) is 22.3 Å². The smallest absolute Gasteiger partial charge is 0.254 e. The van der Waals surface area contributed by atoms with E-state index in [9.17, 15) is 9.90 Å². The molecule has 6 nitrogen and oxygen atoms in total. The number of amides is 1. The Labute approximate surface area is 178 Å². The number of benzene rings is 2. The van der Waals surface area contributed by atoms with E-state index >= 15 is 0 Å². The Kier molecular flexibility index (Phi) is 7.76. The zero-order chi connectivity index (χ0) is 21.3. The maximum atomic E-state index is 12.2. The molecule has 158 valence electrons. The highest BCUT2D eigenvalue weighted by Gasteiger charge is 2.18. The van der Waals surface area contributed by atoms with Crippen molar-refractivity contribution in [3.8, 4) is 5.75 Å². The Morgan fingerprint density at radius 3 is 2.53 bits per heavy atom. The first-order chi connectivity index (χ1) is 14.5. The standard InChI is InChI=1S/C24H30N4O2/c1-3-5-21-6-4-7-22(24(21)30)16-25-26-23(29)18-28-14-12-27(13-15-28)17-20-10-8-19(2)9-11-20/h3-4,6-11,16,30H,1,5,12-15,17-18H2,2H3,(H,26,29)/b25-16-. The largest absolute Gasteiger partial charge is 0.507 e. The summed E-state index contributed by atoms with van der Waals surface area (Å²) in [6, 6.07) is 14.1. The van der Waals surface area contributed by atoms with E-state index in [0.29, 0.717) is 18.5 Å². The van der Waals surface area contributed by atoms with Crippen molar-refractivity contribution < 1.29 is 9.90 Å². The summed E-state index contributed by atoms with van der Waals surface area (Å²) < 4.78 is 0. The number of rotatable bonds is 8. The second kappa shape index (κ2) is 10.7. The van der Waals surface area contributed by atoms with Gasteiger partial charge in [-0.25, -0.2) is 5.43 Å². The van der Waals surface area contributed by atoms with Gasteiger partial charge in [0.2, 0.25) is 0 Å². The minimum Gasteiger partial charge on any atom is -0.507 e. The number of piperazine rings is 1. The van der Waals surface area contributed by atoms with Gasteiger partial charge in [-0.3, -0.25) is 14.6 Å². The van der Waals surface area contributed by atoms with Crippen LogP contribution in [0.4, 0.5) is 0 Å². The number of phenols is 1. The van der Waals surface area contributed by atoms with Crippen LogP contribution in [-0.4, -0.2) is 59.8 Å². The summed E-state index contributed by atoms with van der Waals surface area (Å²) in [7, 11) is 0. The number of nitrogens with one attached hydrogen (secondary N) is 1. The third kappa shape index (κ3) is 6.27. The van der Waals surface area contributed by atoms with Crippen molar-refractivity contribution in [1.29, 1.82) is 0 Å². The molecule has 30 heavy (non-hydrogen) atoms. The molecule has 2 N–H and O–H groups in total. The molecule has 0 bridgehead atoms. The molecule has 0 saturated carbocycles. The fraction of sp³-hybridized carbons (Fsp3) is 0.333. The lowest BCUT2D eigenvalue weighted by Crippen LogP contribution is -2.48. The third-order valence-corrected chi connectivity index (χ3v) is 5.27. The first-order valence-corrected chi connectivity index (χ1v) is 10.3. The van der Waals surface area contributed by atoms with Gasteiger partial charge < -0.3 is 5.11 Å². The second-order valence-electron chi connectivity index (χ2n) is 7.68. The van der Waals surface area contributed by atoms with Gasteiger partial charge >= 0.3 is 0 Å². The predicted octanol–water partition coefficient (Wildman–Crippen LogP) is 2.70. The minimum atomic E-state index is -0.153. The number of allylic oxidation sites excluding steroid dienone is 1. The number of carbonyl (C=O) groups is 1. The van der Waals surface area contributed by atoms with Gasteiger partial charge in [0, 0.05) is 38.3 Å². The topological polar surface area (TPSA) is 68.2 Å². The lowest BCUT2D eigenvalue weighted by atomic mass is 10.1. The summed E-state index contributed by atoms with van der Waals surface area (Å²) >= 11 is 0. The molecule has 0 aliphatic carbocycles. The molecule has 0 radical (unpaired) electrons. The number of aromatic hydroxyl groups is 1. The van der Waals surface area contributed by atoms with Gasteiger partial charge in [0.15, 0.2) is 0 Å². The summed E-state index contributed by atoms with van der Waals surface area (Å²) in [5.74, 6) is 0.0140. The highest BCUT2D eigenvalue weighted by Crippen LogP contribution is 2.21. The van der Waals surface area contributed by atoms with Gasteiger partial charge in [-0.1, -0.05) is 48.0 Å². The average molecular weight is 407 g/mol. The Hall–Kier alpha value is -2.96. The van der Waals surface area contributed by atoms with E-state index in [1.165, 1.54) is 17.3 Å². The van der Waals surface area contributed by atoms with Crippen LogP contribution in [0.2, 0.25) is 0 Å². The summed E-state index contributed by atoms with van der Waals surface area (Å²) in [5, 5.41) is 14.2. The van der Waals surface area contributed by atoms with Gasteiger partial charge in [-0.2, -0.15) is 5.10 Å². The molecule has 3 rings (SSSR count). The summed E-state index contributed by atoms with van der Waals surface area (Å²) in [5.41, 5.74) is 6.50. The van der Waals surface area contributed by atoms with E-state index in [-0.39, 0.29) is 11.7 Å². The molecular weight excluding hydrogens is 376 g/mol. The maximum absolute atomic E-state index is 12.2. The molecule has 0 atom stereocenters. The highest BCUT2D eigenvalue weighted by molar-refractivity contribution is 5.86. The summed E-state index contributed by atoms with van der Waals surface area (Å²) in [6.45, 7) is 10.6. The van der Waals surface area contributed by atoms with E-state index in [1.54, 1.807) is 12.1 Å². The third-order valence-electron chi connectivity index (χ3n) is 5.27. The number of hydrazone groups is 1. The van der Waals surface area contributed by atoms with E-state index in [0.717, 1.165) is 38.3 Å². The zero-order valence-electron chi connectivity index (χ0n) is 17.6. The SMILES string of the molecule is C=CCc1cccc(/C=N\NC(=O)CN2CCN(Cc3ccc(C)cc3)CC2)c1O. The Bertz CT molecular complexity index is 885. The second-order valence-corrected chi connectivity index (χ2v) is 7.68. The summed E-state index contributed by atoms with van der Waals surface area (Å²) in [4.78, 5) is 16.8. The van der Waals surface area contributed by atoms with Gasteiger partial charge in [0.25, 0.3) is 5.91 Å². The van der Waals surface area contributed by atoms with Crippen LogP contribution < -0.4 is 5.43 Å². The number of phenolic OH excluding ortho intramolecular Hbond substituents is 1. The van der Waals surface area contributed by atoms with Gasteiger partial charge in [-0.15, -0.1) is 6.58 Å². The molecule has 2 aromatic carbocycles. The number of hydrogen-bond donors (Lipinski definition) is 2. The van der Waals surface area contributed by atoms with Gasteiger partial charge in [-0.05, 0) is 30.5 Å². The van der Waals surface area contributed by atoms with Gasteiger partial charge in [0.05, 0.1) is 12.8 Å². The van der Waals surface area contributed by atoms with Crippen molar-refractivity contribution in [2.24, 2.45) is 5.10 Å². The molecule has 1 aliphatic rings. The maximum Gasteiger partial charge on any atom is 0.254 e. The highest BCUT2D eigenvalue weighted by atomic mass is 16.3. The average Bonchev–Trinajstić information content (AvgIpc) is 2.74. The van der Waals surface area contributed by atoms with Crippen LogP contribution in [0.25, 0.3) is 0 Å². The lowest BCUT2D eigenvalue weighted by Gasteiger charge is -2.34. The van der Waals surface area contributed by atoms with Crippen molar-refractivity contribution in [2.45, 2.75) is 19.9 Å². The molecule has 1 saturated heterocycles. The normalized spacial score (nSPS) is 15.4. The van der Waals surface area contributed by atoms with E-state index < -0.39 is 0 Å². The van der Waals surface area contributed by atoms with Crippen LogP contribution in [0, 0.1) is 6.92 Å². The van der Waals surface area contributed by atoms with Crippen LogP contribution in [-0.2, 0) is 17.8 Å². The number of nitrogens with zero attached hydrogens (tertiary/aromatic N) is 3. The molecular formula is C24H30N4O2. The van der Waals surface area contributed by atoms with Gasteiger partial charge in [0.1, 0.15) is 5.75 Å². The quantitative estimate of drug-likeness (QED) is 0.402. The Balaban J connectivity index is 1.42. The van der Waals surface area contributed by atoms with Crippen molar-refractivity contribution in [3.63, 3.8) is 0 Å². The molecule has 1 heterocycles. The minimum absolute atomic E-state index is 0.153. The van der Waals surface area contributed by atoms with E-state index in [4.69, 9.17) is 0 Å². The monoisotopic (exact) mass is 406 g/mol. The predicted molar refractivity (Wildman–Crippen MR) is 121 cm³/mol. The summed E-state index contributed by atoms with van der Waals surface area (Å²) in [6.07, 6.45) is 3.79. The van der Waals surface area contributed by atoms with Crippen molar-refractivity contribution >= 4 is 12.1 Å². The van der Waals surface area contributed by atoms with Crippen LogP contribution in [0.5, 0.6) is 5.75 Å². The molecule has 1 aliphatic heterocycles. The zero-order valence-corrected chi connectivity index (χ0v) is 17.6. The van der Waals surface area contributed by atoms with E-state index in [2.05, 4.69) is 58.1 Å². The molecule has 1 fully saturated rings. The first kappa shape index (κ1) is 21.7. The first-order valence-electron chi connectivity index (χ1n) is 10.3. The molecule has 0 spiro atoms. The Morgan fingerprint density at radius 2 is 1.83 bits per heavy atom. The van der Waals surface area contributed by atoms with Crippen LogP contribution in [0.15, 0.2) is 60.2 Å². The Morgan fingerprint density at radius 1 is 1.13 bits per heavy atom. The van der Waals surface area contributed by atoms with Crippen LogP contribution >= 0.6 is 0 Å². The number of aryl methyl sites for hydroxylation is 1. The van der Waals surface area contributed by atoms with Crippen molar-refractivity contribution in [1.82, 2.24) is 15.2 Å². The number of carbonyl (C=O) groups excluding carboxylic acids is 1. The fourth-order valence-electron chi connectivity index (χ4n) is 3.51. The van der Waals surface area contributed by atoms with Crippen LogP contribution in [0.3, 0.4) is 0 Å². The number of para-hydroxylation sites is 1. The lowest BCUT2D eigenvalue weighted by molar-refractivity contribution is -0.122. The molecule has 0 unspecified atom stereocenters. The molecule has 0 aromatic heterocycles. The molecule has 2 aromatic rings. The fourth-order valence-corrected chi connectivity index (χ4v) is 3.51. The van der Waals surface area contributed by atoms with E-state index in [1.807, 2.05) is 12.1 Å². The van der Waals surface area contributed by atoms with Crippen molar-refractivity contribution in [3.05, 3.63) is 77.4 Å².